The second kappa shape index (κ2) is 4.41. The van der Waals surface area contributed by atoms with Crippen LogP contribution in [-0.4, -0.2) is 0 Å². The van der Waals surface area contributed by atoms with Crippen LogP contribution in [-0.2, 0) is 0 Å². The number of thiophene rings is 6. The summed E-state index contributed by atoms with van der Waals surface area (Å²) in [6.45, 7) is 0. The van der Waals surface area contributed by atoms with Crippen molar-refractivity contribution in [1.82, 2.24) is 0 Å². The molecule has 0 bridgehead atoms. The molecule has 0 radical (unpaired) electrons. The van der Waals surface area contributed by atoms with E-state index in [-0.39, 0.29) is 0 Å². The first kappa shape index (κ1) is 12.6. The Morgan fingerprint density at radius 3 is 2.50 bits per heavy atom. The van der Waals surface area contributed by atoms with Crippen LogP contribution in [0.4, 0.5) is 0 Å². The summed E-state index contributed by atoms with van der Waals surface area (Å²) in [5.41, 5.74) is 0. The minimum absolute atomic E-state index is 1.42. The molecule has 0 fully saturated rings. The van der Waals surface area contributed by atoms with Crippen LogP contribution in [0.2, 0.25) is 0 Å². The summed E-state index contributed by atoms with van der Waals surface area (Å²) in [5, 5.41) is 7.28. The fourth-order valence-corrected chi connectivity index (χ4v) is 10.4. The minimum atomic E-state index is 1.42. The zero-order valence-corrected chi connectivity index (χ0v) is 15.8. The van der Waals surface area contributed by atoms with E-state index in [2.05, 4.69) is 35.0 Å². The lowest BCUT2D eigenvalue weighted by atomic mass is 10.3. The highest BCUT2D eigenvalue weighted by molar-refractivity contribution is 7.50. The lowest BCUT2D eigenvalue weighted by molar-refractivity contribution is 2.05. The monoisotopic (exact) mass is 390 g/mol. The highest BCUT2D eigenvalue weighted by atomic mass is 32.2. The predicted molar refractivity (Wildman–Crippen MR) is 109 cm³/mol. The molecule has 6 heterocycles. The fourth-order valence-electron chi connectivity index (χ4n) is 2.81. The second-order valence-electron chi connectivity index (χ2n) is 5.06. The van der Waals surface area contributed by atoms with Crippen molar-refractivity contribution in [1.29, 1.82) is 0 Å². The van der Waals surface area contributed by atoms with E-state index in [9.17, 15) is 0 Å². The Hall–Kier alpha value is -0.760. The SMILES string of the molecule is c1cc2c(s1)sc1sc(-c3cc4sc5ccsc5c4s3)cc12. The van der Waals surface area contributed by atoms with Gasteiger partial charge in [-0.25, -0.2) is 0 Å². The van der Waals surface area contributed by atoms with E-state index in [1.165, 1.54) is 47.4 Å². The minimum Gasteiger partial charge on any atom is -0.141 e. The molecule has 0 saturated carbocycles. The predicted octanol–water partition coefficient (Wildman–Crippen LogP) is 8.34. The van der Waals surface area contributed by atoms with Crippen LogP contribution in [0.1, 0.15) is 0 Å². The van der Waals surface area contributed by atoms with Gasteiger partial charge in [-0.15, -0.1) is 68.0 Å². The molecule has 0 amide bonds. The Morgan fingerprint density at radius 2 is 1.50 bits per heavy atom. The normalized spacial score (nSPS) is 12.5. The summed E-state index contributed by atoms with van der Waals surface area (Å²) < 4.78 is 8.75. The highest BCUT2D eigenvalue weighted by Crippen LogP contribution is 2.49. The average Bonchev–Trinajstić information content (AvgIpc) is 3.24. The fraction of sp³-hybridized carbons (Fsp3) is 0. The number of fused-ring (bicyclic) bond motifs is 6. The Morgan fingerprint density at radius 1 is 0.591 bits per heavy atom. The van der Waals surface area contributed by atoms with Crippen molar-refractivity contribution in [3.8, 4) is 9.75 Å². The zero-order chi connectivity index (χ0) is 14.3. The van der Waals surface area contributed by atoms with Crippen molar-refractivity contribution >= 4 is 106 Å². The van der Waals surface area contributed by atoms with Crippen LogP contribution in [0.15, 0.2) is 35.0 Å². The van der Waals surface area contributed by atoms with E-state index in [1.54, 1.807) is 0 Å². The molecule has 0 atom stereocenters. The van der Waals surface area contributed by atoms with Gasteiger partial charge in [0.05, 0.1) is 17.4 Å². The molecule has 0 spiro atoms. The maximum atomic E-state index is 2.40. The van der Waals surface area contributed by atoms with Gasteiger partial charge in [0.15, 0.2) is 0 Å². The molecule has 0 aliphatic rings. The van der Waals surface area contributed by atoms with Gasteiger partial charge in [-0.3, -0.25) is 0 Å². The number of hydrogen-bond acceptors (Lipinski definition) is 6. The molecule has 0 aliphatic heterocycles. The van der Waals surface area contributed by atoms with E-state index >= 15 is 0 Å². The molecule has 0 saturated heterocycles. The van der Waals surface area contributed by atoms with Crippen LogP contribution in [0, 0.1) is 0 Å². The summed E-state index contributed by atoms with van der Waals surface area (Å²) in [7, 11) is 0. The molecule has 0 unspecified atom stereocenters. The van der Waals surface area contributed by atoms with Gasteiger partial charge in [0.2, 0.25) is 0 Å². The van der Waals surface area contributed by atoms with Crippen molar-refractivity contribution in [2.24, 2.45) is 0 Å². The third-order valence-corrected chi connectivity index (χ3v) is 11.1. The van der Waals surface area contributed by atoms with Crippen molar-refractivity contribution in [2.45, 2.75) is 0 Å². The van der Waals surface area contributed by atoms with E-state index in [0.29, 0.717) is 0 Å². The molecule has 0 aromatic carbocycles. The first-order chi connectivity index (χ1) is 10.9. The lowest BCUT2D eigenvalue weighted by Gasteiger charge is -1.88. The van der Waals surface area contributed by atoms with Gasteiger partial charge in [-0.1, -0.05) is 0 Å². The maximum absolute atomic E-state index is 2.40. The molecular weight excluding hydrogens is 385 g/mol. The Bertz CT molecular complexity index is 1180. The molecule has 0 N–H and O–H groups in total. The molecule has 6 aromatic heterocycles. The summed E-state index contributed by atoms with van der Waals surface area (Å²) in [5.74, 6) is 0. The lowest BCUT2D eigenvalue weighted by Crippen LogP contribution is -1.58. The zero-order valence-electron chi connectivity index (χ0n) is 10.9. The van der Waals surface area contributed by atoms with Crippen molar-refractivity contribution in [3.05, 3.63) is 35.0 Å². The van der Waals surface area contributed by atoms with Gasteiger partial charge in [0.1, 0.15) is 0 Å². The van der Waals surface area contributed by atoms with Gasteiger partial charge >= 0.3 is 0 Å². The third kappa shape index (κ3) is 1.60. The standard InChI is InChI=1S/C16H6S6/c1-3-18-15-7(1)8-5-10(21-16(8)22-15)11-6-12-14(20-11)13-9(19-12)2-4-17-13/h1-6H. The molecule has 106 valence electrons. The van der Waals surface area contributed by atoms with E-state index in [1.807, 2.05) is 68.0 Å². The molecule has 0 nitrogen and oxygen atoms in total. The molecule has 6 aromatic rings. The molecule has 6 heteroatoms. The Labute approximate surface area is 149 Å². The van der Waals surface area contributed by atoms with Crippen molar-refractivity contribution < 1.29 is 0 Å². The van der Waals surface area contributed by atoms with E-state index in [4.69, 9.17) is 0 Å². The molecule has 22 heavy (non-hydrogen) atoms. The van der Waals surface area contributed by atoms with Gasteiger partial charge in [-0.05, 0) is 35.0 Å². The van der Waals surface area contributed by atoms with Gasteiger partial charge in [-0.2, -0.15) is 0 Å². The quantitative estimate of drug-likeness (QED) is 0.265. The van der Waals surface area contributed by atoms with Crippen molar-refractivity contribution in [2.75, 3.05) is 0 Å². The van der Waals surface area contributed by atoms with Crippen LogP contribution in [0.5, 0.6) is 0 Å². The van der Waals surface area contributed by atoms with Crippen molar-refractivity contribution in [3.63, 3.8) is 0 Å². The molecule has 6 rings (SSSR count). The first-order valence-corrected chi connectivity index (χ1v) is 11.7. The van der Waals surface area contributed by atoms with Crippen LogP contribution >= 0.6 is 68.0 Å². The topological polar surface area (TPSA) is 0 Å². The summed E-state index contributed by atoms with van der Waals surface area (Å²) in [6.07, 6.45) is 0. The second-order valence-corrected chi connectivity index (χ2v) is 11.6. The number of rotatable bonds is 1. The first-order valence-electron chi connectivity index (χ1n) is 6.66. The smallest absolute Gasteiger partial charge is 0.0893 e. The van der Waals surface area contributed by atoms with Crippen LogP contribution in [0.3, 0.4) is 0 Å². The maximum Gasteiger partial charge on any atom is 0.0893 e. The Kier molecular flexibility index (Phi) is 2.53. The summed E-state index contributed by atoms with van der Waals surface area (Å²) in [6, 6.07) is 9.28. The largest absolute Gasteiger partial charge is 0.141 e. The van der Waals surface area contributed by atoms with Crippen LogP contribution in [0.25, 0.3) is 47.4 Å². The number of hydrogen-bond donors (Lipinski definition) is 0. The molecular formula is C16H6S6. The van der Waals surface area contributed by atoms with Crippen LogP contribution < -0.4 is 0 Å². The molecule has 0 aliphatic carbocycles. The van der Waals surface area contributed by atoms with Gasteiger partial charge in [0, 0.05) is 29.9 Å². The van der Waals surface area contributed by atoms with E-state index < -0.39 is 0 Å². The summed E-state index contributed by atoms with van der Waals surface area (Å²) >= 11 is 11.5. The average molecular weight is 391 g/mol. The van der Waals surface area contributed by atoms with Gasteiger partial charge in [0.25, 0.3) is 0 Å². The van der Waals surface area contributed by atoms with E-state index in [0.717, 1.165) is 0 Å². The third-order valence-electron chi connectivity index (χ3n) is 3.80. The van der Waals surface area contributed by atoms with Gasteiger partial charge < -0.3 is 0 Å². The Balaban J connectivity index is 1.62. The highest BCUT2D eigenvalue weighted by Gasteiger charge is 2.15. The summed E-state index contributed by atoms with van der Waals surface area (Å²) in [4.78, 5) is 2.85.